The molecule has 0 bridgehead atoms. The third kappa shape index (κ3) is 5.12. The summed E-state index contributed by atoms with van der Waals surface area (Å²) < 4.78 is 6.68. The summed E-state index contributed by atoms with van der Waals surface area (Å²) in [4.78, 5) is 32.0. The molecule has 3 atom stereocenters. The summed E-state index contributed by atoms with van der Waals surface area (Å²) in [7, 11) is 0. The van der Waals surface area contributed by atoms with Crippen molar-refractivity contribution in [2.75, 3.05) is 6.61 Å². The second-order valence-electron chi connectivity index (χ2n) is 9.47. The van der Waals surface area contributed by atoms with Crippen molar-refractivity contribution in [1.82, 2.24) is 0 Å². The fraction of sp³-hybridized carbons (Fsp3) is 0.258. The van der Waals surface area contributed by atoms with Crippen LogP contribution in [-0.4, -0.2) is 24.1 Å². The van der Waals surface area contributed by atoms with Gasteiger partial charge in [-0.15, -0.1) is 0 Å². The smallest absolute Gasteiger partial charge is 0.315 e. The Bertz CT molecular complexity index is 1330. The van der Waals surface area contributed by atoms with E-state index in [1.807, 2.05) is 79.7 Å². The first-order valence-electron chi connectivity index (χ1n) is 12.3. The summed E-state index contributed by atoms with van der Waals surface area (Å²) in [5, 5.41) is 0. The number of carbonyl (C=O) groups excluding carboxylic acids is 2. The van der Waals surface area contributed by atoms with E-state index in [-0.39, 0.29) is 24.3 Å². The number of rotatable bonds is 6. The number of hydrogen-bond donors (Lipinski definition) is 0. The molecule has 1 heterocycles. The Hall–Kier alpha value is -3.31. The van der Waals surface area contributed by atoms with E-state index in [2.05, 4.69) is 28.1 Å². The van der Waals surface area contributed by atoms with Gasteiger partial charge < -0.3 is 4.74 Å². The number of ketones is 1. The van der Waals surface area contributed by atoms with Crippen molar-refractivity contribution >= 4 is 33.4 Å². The zero-order valence-corrected chi connectivity index (χ0v) is 21.8. The lowest BCUT2D eigenvalue weighted by molar-refractivity contribution is -0.146. The molecule has 1 unspecified atom stereocenters. The number of ether oxygens (including phenoxy) is 1. The van der Waals surface area contributed by atoms with Crippen LogP contribution in [0, 0.1) is 5.92 Å². The zero-order valence-electron chi connectivity index (χ0n) is 20.2. The molecule has 1 aliphatic carbocycles. The number of aliphatic imine (C=N–C) groups is 1. The molecule has 0 radical (unpaired) electrons. The summed E-state index contributed by atoms with van der Waals surface area (Å²) in [5.74, 6) is -1.23. The van der Waals surface area contributed by atoms with Crippen LogP contribution in [0.1, 0.15) is 48.3 Å². The molecular weight excluding hydrogens is 514 g/mol. The Labute approximate surface area is 220 Å². The quantitative estimate of drug-likeness (QED) is 0.322. The van der Waals surface area contributed by atoms with Crippen LogP contribution in [0.5, 0.6) is 0 Å². The van der Waals surface area contributed by atoms with Crippen LogP contribution >= 0.6 is 15.9 Å². The maximum Gasteiger partial charge on any atom is 0.315 e. The maximum atomic E-state index is 13.7. The molecule has 0 saturated carbocycles. The molecule has 0 spiro atoms. The van der Waals surface area contributed by atoms with Gasteiger partial charge in [-0.25, -0.2) is 0 Å². The van der Waals surface area contributed by atoms with Gasteiger partial charge in [0, 0.05) is 40.2 Å². The van der Waals surface area contributed by atoms with Gasteiger partial charge in [-0.3, -0.25) is 14.6 Å². The van der Waals surface area contributed by atoms with E-state index in [1.54, 1.807) is 0 Å². The SMILES string of the molecule is CC1=NC2=C(C(=O)C[C@H](c3ccccc3)C2)[C@H](c2cccc(Br)c2)C1C(=O)OCCc1ccccc1. The molecule has 5 heteroatoms. The first-order chi connectivity index (χ1) is 17.5. The lowest BCUT2D eigenvalue weighted by Crippen LogP contribution is -2.38. The summed E-state index contributed by atoms with van der Waals surface area (Å²) >= 11 is 3.56. The molecule has 182 valence electrons. The number of halogens is 1. The molecule has 5 rings (SSSR count). The molecule has 2 aliphatic rings. The minimum Gasteiger partial charge on any atom is -0.465 e. The Morgan fingerprint density at radius 2 is 1.64 bits per heavy atom. The van der Waals surface area contributed by atoms with Crippen molar-refractivity contribution in [3.63, 3.8) is 0 Å². The van der Waals surface area contributed by atoms with Crippen LogP contribution in [0.15, 0.2) is 106 Å². The Morgan fingerprint density at radius 1 is 0.944 bits per heavy atom. The van der Waals surface area contributed by atoms with Crippen molar-refractivity contribution in [2.45, 2.75) is 38.0 Å². The molecule has 0 saturated heterocycles. The Balaban J connectivity index is 1.46. The standard InChI is InChI=1S/C31H28BrNO3/c1-20-28(31(35)36-16-15-21-9-4-2-5-10-21)29(23-13-8-14-25(32)17-23)30-26(33-20)18-24(19-27(30)34)22-11-6-3-7-12-22/h2-14,17,24,28-29H,15-16,18-19H2,1H3/t24-,28?,29-/m1/s1. The van der Waals surface area contributed by atoms with Crippen molar-refractivity contribution in [2.24, 2.45) is 10.9 Å². The number of nitrogens with zero attached hydrogens (tertiary/aromatic N) is 1. The highest BCUT2D eigenvalue weighted by Crippen LogP contribution is 2.47. The molecule has 0 fully saturated rings. The molecule has 0 aromatic heterocycles. The fourth-order valence-electron chi connectivity index (χ4n) is 5.39. The predicted molar refractivity (Wildman–Crippen MR) is 145 cm³/mol. The molecular formula is C31H28BrNO3. The largest absolute Gasteiger partial charge is 0.465 e. The van der Waals surface area contributed by atoms with Crippen LogP contribution < -0.4 is 0 Å². The highest BCUT2D eigenvalue weighted by molar-refractivity contribution is 9.10. The second-order valence-corrected chi connectivity index (χ2v) is 10.4. The van der Waals surface area contributed by atoms with Crippen LogP contribution in [0.3, 0.4) is 0 Å². The lowest BCUT2D eigenvalue weighted by atomic mass is 9.69. The minimum absolute atomic E-state index is 0.0633. The maximum absolute atomic E-state index is 13.7. The van der Waals surface area contributed by atoms with Gasteiger partial charge in [-0.1, -0.05) is 88.7 Å². The van der Waals surface area contributed by atoms with Gasteiger partial charge in [0.1, 0.15) is 5.92 Å². The summed E-state index contributed by atoms with van der Waals surface area (Å²) in [6.45, 7) is 2.17. The van der Waals surface area contributed by atoms with Gasteiger partial charge in [0.25, 0.3) is 0 Å². The van der Waals surface area contributed by atoms with Gasteiger partial charge in [0.2, 0.25) is 0 Å². The normalized spacial score (nSPS) is 21.6. The Kier molecular flexibility index (Phi) is 7.28. The van der Waals surface area contributed by atoms with Crippen LogP contribution in [0.25, 0.3) is 0 Å². The van der Waals surface area contributed by atoms with E-state index in [9.17, 15) is 9.59 Å². The first kappa shape index (κ1) is 24.4. The van der Waals surface area contributed by atoms with E-state index < -0.39 is 11.8 Å². The Morgan fingerprint density at radius 3 is 2.36 bits per heavy atom. The highest BCUT2D eigenvalue weighted by atomic mass is 79.9. The van der Waals surface area contributed by atoms with Crippen molar-refractivity contribution in [1.29, 1.82) is 0 Å². The number of esters is 1. The second kappa shape index (κ2) is 10.8. The van der Waals surface area contributed by atoms with Gasteiger partial charge in [-0.05, 0) is 48.1 Å². The number of carbonyl (C=O) groups is 2. The molecule has 3 aromatic rings. The number of Topliss-reactive ketones (excluding diaryl/α,β-unsaturated/α-hetero) is 1. The molecule has 0 amide bonds. The fourth-order valence-corrected chi connectivity index (χ4v) is 5.81. The molecule has 1 aliphatic heterocycles. The van der Waals surface area contributed by atoms with E-state index in [4.69, 9.17) is 9.73 Å². The van der Waals surface area contributed by atoms with Crippen molar-refractivity contribution < 1.29 is 14.3 Å². The van der Waals surface area contributed by atoms with Crippen LogP contribution in [0.4, 0.5) is 0 Å². The minimum atomic E-state index is -0.633. The third-order valence-corrected chi connectivity index (χ3v) is 7.59. The van der Waals surface area contributed by atoms with Gasteiger partial charge >= 0.3 is 5.97 Å². The third-order valence-electron chi connectivity index (χ3n) is 7.10. The summed E-state index contributed by atoms with van der Waals surface area (Å²) in [6.07, 6.45) is 1.74. The van der Waals surface area contributed by atoms with Crippen molar-refractivity contribution in [3.05, 3.63) is 117 Å². The average Bonchev–Trinajstić information content (AvgIpc) is 2.89. The van der Waals surface area contributed by atoms with E-state index in [1.165, 1.54) is 0 Å². The number of hydrogen-bond acceptors (Lipinski definition) is 4. The monoisotopic (exact) mass is 541 g/mol. The molecule has 0 N–H and O–H groups in total. The van der Waals surface area contributed by atoms with Crippen molar-refractivity contribution in [3.8, 4) is 0 Å². The average molecular weight is 542 g/mol. The topological polar surface area (TPSA) is 55.7 Å². The summed E-state index contributed by atoms with van der Waals surface area (Å²) in [6, 6.07) is 28.0. The molecule has 3 aromatic carbocycles. The predicted octanol–water partition coefficient (Wildman–Crippen LogP) is 6.81. The van der Waals surface area contributed by atoms with Gasteiger partial charge in [0.15, 0.2) is 5.78 Å². The zero-order chi connectivity index (χ0) is 25.1. The first-order valence-corrected chi connectivity index (χ1v) is 13.1. The number of benzene rings is 3. The molecule has 36 heavy (non-hydrogen) atoms. The molecule has 4 nitrogen and oxygen atoms in total. The van der Waals surface area contributed by atoms with Gasteiger partial charge in [0.05, 0.1) is 6.61 Å². The summed E-state index contributed by atoms with van der Waals surface area (Å²) in [5.41, 5.74) is 5.34. The van der Waals surface area contributed by atoms with Crippen LogP contribution in [0.2, 0.25) is 0 Å². The van der Waals surface area contributed by atoms with E-state index in [0.717, 1.165) is 26.9 Å². The van der Waals surface area contributed by atoms with Gasteiger partial charge in [-0.2, -0.15) is 0 Å². The van der Waals surface area contributed by atoms with Crippen LogP contribution in [-0.2, 0) is 20.7 Å². The van der Waals surface area contributed by atoms with E-state index in [0.29, 0.717) is 30.5 Å². The highest BCUT2D eigenvalue weighted by Gasteiger charge is 2.44. The van der Waals surface area contributed by atoms with E-state index >= 15 is 0 Å². The lowest BCUT2D eigenvalue weighted by Gasteiger charge is -2.36. The number of allylic oxidation sites excluding steroid dienone is 2.